The molecule has 2 rings (SSSR count). The zero-order valence-corrected chi connectivity index (χ0v) is 12.2. The number of carbonyl (C=O) groups is 1. The van der Waals surface area contributed by atoms with Gasteiger partial charge in [0.15, 0.2) is 9.90 Å². The summed E-state index contributed by atoms with van der Waals surface area (Å²) in [5, 5.41) is 4.22. The number of hydrogen-bond acceptors (Lipinski definition) is 6. The molecule has 1 aromatic heterocycles. The summed E-state index contributed by atoms with van der Waals surface area (Å²) < 4.78 is 21.1. The molecule has 8 heteroatoms. The van der Waals surface area contributed by atoms with Crippen molar-refractivity contribution < 1.29 is 13.7 Å². The van der Waals surface area contributed by atoms with Gasteiger partial charge in [-0.2, -0.15) is 0 Å². The van der Waals surface area contributed by atoms with Crippen molar-refractivity contribution in [3.8, 4) is 0 Å². The average molecular weight is 317 g/mol. The lowest BCUT2D eigenvalue weighted by Crippen LogP contribution is -2.08. The predicted molar refractivity (Wildman–Crippen MR) is 72.0 cm³/mol. The van der Waals surface area contributed by atoms with Crippen LogP contribution in [-0.2, 0) is 15.5 Å². The molecule has 2 aromatic rings. The maximum absolute atomic E-state index is 12.3. The van der Waals surface area contributed by atoms with Gasteiger partial charge in [0.05, 0.1) is 17.4 Å². The Balaban J connectivity index is 2.32. The molecule has 0 aliphatic carbocycles. The first-order valence-electron chi connectivity index (χ1n) is 5.30. The van der Waals surface area contributed by atoms with Crippen molar-refractivity contribution in [2.24, 2.45) is 0 Å². The van der Waals surface area contributed by atoms with E-state index in [1.165, 1.54) is 0 Å². The second-order valence-electron chi connectivity index (χ2n) is 3.35. The lowest BCUT2D eigenvalue weighted by Gasteiger charge is -2.02. The Labute approximate surface area is 121 Å². The van der Waals surface area contributed by atoms with Crippen LogP contribution in [0.15, 0.2) is 33.4 Å². The first-order valence-corrected chi connectivity index (χ1v) is 7.60. The van der Waals surface area contributed by atoms with Gasteiger partial charge >= 0.3 is 5.97 Å². The highest BCUT2D eigenvalue weighted by atomic mass is 35.5. The van der Waals surface area contributed by atoms with Gasteiger partial charge in [0, 0.05) is 9.92 Å². The quantitative estimate of drug-likeness (QED) is 0.811. The van der Waals surface area contributed by atoms with Crippen molar-refractivity contribution in [2.45, 2.75) is 16.0 Å². The van der Waals surface area contributed by atoms with Crippen LogP contribution < -0.4 is 0 Å². The van der Waals surface area contributed by atoms with Gasteiger partial charge in [-0.25, -0.2) is 9.00 Å². The van der Waals surface area contributed by atoms with Crippen LogP contribution in [0.3, 0.4) is 0 Å². The Kier molecular flexibility index (Phi) is 4.62. The zero-order chi connectivity index (χ0) is 13.8. The van der Waals surface area contributed by atoms with Crippen molar-refractivity contribution in [3.05, 3.63) is 35.0 Å². The van der Waals surface area contributed by atoms with E-state index in [4.69, 9.17) is 16.3 Å². The molecule has 100 valence electrons. The molecule has 1 unspecified atom stereocenters. The first-order chi connectivity index (χ1) is 9.13. The molecule has 0 amide bonds. The molecule has 0 saturated heterocycles. The second kappa shape index (κ2) is 6.23. The highest BCUT2D eigenvalue weighted by molar-refractivity contribution is 7.87. The lowest BCUT2D eigenvalue weighted by atomic mass is 10.4. The van der Waals surface area contributed by atoms with E-state index < -0.39 is 16.8 Å². The monoisotopic (exact) mass is 316 g/mol. The average Bonchev–Trinajstić information content (AvgIpc) is 2.88. The molecule has 0 radical (unpaired) electrons. The van der Waals surface area contributed by atoms with Gasteiger partial charge in [0.2, 0.25) is 0 Å². The minimum Gasteiger partial charge on any atom is -0.461 e. The van der Waals surface area contributed by atoms with E-state index >= 15 is 0 Å². The van der Waals surface area contributed by atoms with Crippen LogP contribution >= 0.6 is 23.1 Å². The van der Waals surface area contributed by atoms with Gasteiger partial charge in [-0.05, 0) is 42.7 Å². The van der Waals surface area contributed by atoms with Gasteiger partial charge < -0.3 is 4.74 Å². The van der Waals surface area contributed by atoms with E-state index in [-0.39, 0.29) is 16.5 Å². The fourth-order valence-corrected chi connectivity index (χ4v) is 3.38. The number of esters is 1. The molecular formula is C11H9ClN2O3S2. The van der Waals surface area contributed by atoms with Gasteiger partial charge in [0.25, 0.3) is 0 Å². The topological polar surface area (TPSA) is 69.2 Å². The maximum atomic E-state index is 12.3. The van der Waals surface area contributed by atoms with Crippen LogP contribution in [0.2, 0.25) is 5.02 Å². The van der Waals surface area contributed by atoms with Crippen molar-refractivity contribution in [1.82, 2.24) is 9.59 Å². The molecule has 0 aliphatic heterocycles. The van der Waals surface area contributed by atoms with Crippen molar-refractivity contribution in [3.63, 3.8) is 0 Å². The van der Waals surface area contributed by atoms with Crippen LogP contribution in [0.1, 0.15) is 17.4 Å². The Morgan fingerprint density at radius 1 is 1.42 bits per heavy atom. The molecule has 5 nitrogen and oxygen atoms in total. The Morgan fingerprint density at radius 2 is 2.11 bits per heavy atom. The molecule has 19 heavy (non-hydrogen) atoms. The van der Waals surface area contributed by atoms with Gasteiger partial charge in [-0.3, -0.25) is 0 Å². The highest BCUT2D eigenvalue weighted by Crippen LogP contribution is 2.23. The molecule has 0 bridgehead atoms. The molecule has 0 aliphatic rings. The SMILES string of the molecule is CCOC(=O)c1nnsc1S(=O)c1ccc(Cl)cc1. The summed E-state index contributed by atoms with van der Waals surface area (Å²) in [5.41, 5.74) is 0.000123. The van der Waals surface area contributed by atoms with Crippen LogP contribution in [-0.4, -0.2) is 26.4 Å². The Hall–Kier alpha value is -1.31. The number of ether oxygens (including phenoxy) is 1. The number of halogens is 1. The van der Waals surface area contributed by atoms with Crippen molar-refractivity contribution >= 4 is 39.9 Å². The van der Waals surface area contributed by atoms with Crippen LogP contribution in [0.5, 0.6) is 0 Å². The van der Waals surface area contributed by atoms with E-state index in [0.717, 1.165) is 11.5 Å². The summed E-state index contributed by atoms with van der Waals surface area (Å²) in [7, 11) is -1.53. The molecule has 0 N–H and O–H groups in total. The third-order valence-electron chi connectivity index (χ3n) is 2.12. The molecule has 0 fully saturated rings. The van der Waals surface area contributed by atoms with Crippen LogP contribution in [0.25, 0.3) is 0 Å². The van der Waals surface area contributed by atoms with Gasteiger partial charge in [0.1, 0.15) is 0 Å². The number of carbonyl (C=O) groups excluding carboxylic acids is 1. The largest absolute Gasteiger partial charge is 0.461 e. The Morgan fingerprint density at radius 3 is 2.74 bits per heavy atom. The predicted octanol–water partition coefficient (Wildman–Crippen LogP) is 2.53. The summed E-state index contributed by atoms with van der Waals surface area (Å²) >= 11 is 6.68. The van der Waals surface area contributed by atoms with E-state index in [1.54, 1.807) is 31.2 Å². The Bertz CT molecular complexity index is 613. The molecule has 0 saturated carbocycles. The fraction of sp³-hybridized carbons (Fsp3) is 0.182. The molecule has 1 atom stereocenters. The van der Waals surface area contributed by atoms with E-state index in [9.17, 15) is 9.00 Å². The number of aromatic nitrogens is 2. The summed E-state index contributed by atoms with van der Waals surface area (Å²) in [6, 6.07) is 6.53. The van der Waals surface area contributed by atoms with Crippen LogP contribution in [0.4, 0.5) is 0 Å². The summed E-state index contributed by atoms with van der Waals surface area (Å²) in [6.45, 7) is 1.91. The third kappa shape index (κ3) is 3.17. The highest BCUT2D eigenvalue weighted by Gasteiger charge is 2.23. The van der Waals surface area contributed by atoms with Gasteiger partial charge in [-0.15, -0.1) is 5.10 Å². The summed E-state index contributed by atoms with van der Waals surface area (Å²) in [5.74, 6) is -0.617. The van der Waals surface area contributed by atoms with Crippen LogP contribution in [0, 0.1) is 0 Å². The summed E-state index contributed by atoms with van der Waals surface area (Å²) in [6.07, 6.45) is 0. The maximum Gasteiger partial charge on any atom is 0.361 e. The standard InChI is InChI=1S/C11H9ClN2O3S2/c1-2-17-10(15)9-11(18-14-13-9)19(16)8-5-3-7(12)4-6-8/h3-6H,2H2,1H3. The van der Waals surface area contributed by atoms with Crippen molar-refractivity contribution in [2.75, 3.05) is 6.61 Å². The third-order valence-corrected chi connectivity index (χ3v) is 4.81. The van der Waals surface area contributed by atoms with E-state index in [2.05, 4.69) is 9.59 Å². The lowest BCUT2D eigenvalue weighted by molar-refractivity contribution is 0.0515. The zero-order valence-electron chi connectivity index (χ0n) is 9.83. The number of rotatable bonds is 4. The van der Waals surface area contributed by atoms with Gasteiger partial charge in [-0.1, -0.05) is 16.1 Å². The van der Waals surface area contributed by atoms with E-state index in [0.29, 0.717) is 9.92 Å². The second-order valence-corrected chi connectivity index (χ2v) is 6.22. The minimum atomic E-state index is -1.53. The number of hydrogen-bond donors (Lipinski definition) is 0. The van der Waals surface area contributed by atoms with E-state index in [1.807, 2.05) is 0 Å². The normalized spacial score (nSPS) is 12.1. The molecule has 0 spiro atoms. The van der Waals surface area contributed by atoms with Crippen molar-refractivity contribution in [1.29, 1.82) is 0 Å². The summed E-state index contributed by atoms with van der Waals surface area (Å²) in [4.78, 5) is 12.2. The fourth-order valence-electron chi connectivity index (χ4n) is 1.29. The molecule has 1 aromatic carbocycles. The minimum absolute atomic E-state index is 0.000123. The number of benzene rings is 1. The smallest absolute Gasteiger partial charge is 0.361 e. The molecular weight excluding hydrogens is 308 g/mol. The molecule has 1 heterocycles. The number of nitrogens with zero attached hydrogens (tertiary/aromatic N) is 2. The first kappa shape index (κ1) is 14.1.